The number of hydrogen-bond acceptors (Lipinski definition) is 9. The van der Waals surface area contributed by atoms with Gasteiger partial charge in [-0.25, -0.2) is 4.57 Å². The molecule has 73 heavy (non-hydrogen) atoms. The second-order valence-corrected chi connectivity index (χ2v) is 21.1. The molecular formula is C57H92N5O10P. The first-order chi connectivity index (χ1) is 35.4. The van der Waals surface area contributed by atoms with Crippen molar-refractivity contribution in [3.05, 3.63) is 60.3 Å². The van der Waals surface area contributed by atoms with Gasteiger partial charge in [0.05, 0.1) is 25.4 Å². The average molecular weight is 1040 g/mol. The predicted molar refractivity (Wildman–Crippen MR) is 292 cm³/mol. The highest BCUT2D eigenvalue weighted by molar-refractivity contribution is 7.47. The normalized spacial score (nSPS) is 13.4. The minimum absolute atomic E-state index is 0.115. The second kappa shape index (κ2) is 38.1. The molecule has 4 amide bonds. The Morgan fingerprint density at radius 1 is 0.616 bits per heavy atom. The molecule has 2 aromatic carbocycles. The average Bonchev–Trinajstić information content (AvgIpc) is 3.82. The van der Waals surface area contributed by atoms with Gasteiger partial charge in [0.15, 0.2) is 0 Å². The van der Waals surface area contributed by atoms with Gasteiger partial charge < -0.3 is 35.9 Å². The van der Waals surface area contributed by atoms with Crippen LogP contribution in [-0.4, -0.2) is 84.5 Å². The summed E-state index contributed by atoms with van der Waals surface area (Å²) >= 11 is 0. The van der Waals surface area contributed by atoms with Crippen molar-refractivity contribution < 1.29 is 47.2 Å². The summed E-state index contributed by atoms with van der Waals surface area (Å²) in [5.41, 5.74) is 3.11. The van der Waals surface area contributed by atoms with Crippen LogP contribution in [0.25, 0.3) is 22.0 Å². The number of phosphoric ester groups is 1. The molecular weight excluding hydrogens is 946 g/mol. The zero-order chi connectivity index (χ0) is 52.9. The molecule has 0 bridgehead atoms. The first-order valence-corrected chi connectivity index (χ1v) is 29.5. The number of benzene rings is 2. The molecule has 3 rings (SSSR count). The summed E-state index contributed by atoms with van der Waals surface area (Å²) in [6.45, 7) is 7.17. The highest BCUT2D eigenvalue weighted by Gasteiger charge is 2.30. The van der Waals surface area contributed by atoms with Gasteiger partial charge in [0.1, 0.15) is 12.1 Å². The molecule has 3 aromatic rings. The van der Waals surface area contributed by atoms with Gasteiger partial charge in [-0.05, 0) is 48.4 Å². The lowest BCUT2D eigenvalue weighted by molar-refractivity contribution is -0.143. The molecule has 0 radical (unpaired) electrons. The molecule has 4 atom stereocenters. The number of ether oxygens (including phenoxy) is 1. The zero-order valence-corrected chi connectivity index (χ0v) is 45.8. The van der Waals surface area contributed by atoms with Crippen molar-refractivity contribution in [3.8, 4) is 11.1 Å². The Bertz CT molecular complexity index is 2070. The van der Waals surface area contributed by atoms with Crippen molar-refractivity contribution in [3.63, 3.8) is 0 Å². The monoisotopic (exact) mass is 1040 g/mol. The van der Waals surface area contributed by atoms with E-state index in [1.807, 2.05) is 62.4 Å². The van der Waals surface area contributed by atoms with Crippen molar-refractivity contribution in [2.24, 2.45) is 5.92 Å². The van der Waals surface area contributed by atoms with Crippen molar-refractivity contribution in [2.75, 3.05) is 32.9 Å². The first-order valence-electron chi connectivity index (χ1n) is 28.0. The number of phosphoric acid groups is 1. The highest BCUT2D eigenvalue weighted by atomic mass is 31.2. The van der Waals surface area contributed by atoms with E-state index in [4.69, 9.17) is 13.8 Å². The molecule has 1 aromatic heterocycles. The molecule has 0 saturated heterocycles. The minimum atomic E-state index is -4.78. The van der Waals surface area contributed by atoms with E-state index in [1.54, 1.807) is 6.20 Å². The fraction of sp³-hybridized carbons (Fsp3) is 0.667. The van der Waals surface area contributed by atoms with Crippen molar-refractivity contribution in [2.45, 2.75) is 207 Å². The summed E-state index contributed by atoms with van der Waals surface area (Å²) in [4.78, 5) is 79.6. The van der Waals surface area contributed by atoms with Crippen LogP contribution < -0.4 is 21.3 Å². The maximum Gasteiger partial charge on any atom is 0.472 e. The Morgan fingerprint density at radius 3 is 1.77 bits per heavy atom. The molecule has 410 valence electrons. The quantitative estimate of drug-likeness (QED) is 0.0179. The van der Waals surface area contributed by atoms with Crippen LogP contribution in [0.1, 0.15) is 205 Å². The standard InChI is InChI=1S/C57H92N5O10P/c1-5-8-10-12-14-16-17-18-19-21-22-24-29-34-52(63)61-51(56(66)58-38-31-40-70-53(64)35-30-25-23-20-15-13-11-9-6-2)44-72-73(68,69)71-41-39-59-57(67)54(45(4)7-3)62-55(65)49-43-60-50-37-36-47(42-48(49)50)46-32-27-26-28-33-46/h26-28,32-33,36-37,42-43,45,51,54,60H,5-25,29-31,34-35,38-41,44H2,1-4H3,(H,58,66)(H,59,67)(H,61,63)(H,62,65)(H,68,69)/t45-,51-,54-/m0/s1. The van der Waals surface area contributed by atoms with Gasteiger partial charge in [0.2, 0.25) is 17.7 Å². The fourth-order valence-corrected chi connectivity index (χ4v) is 9.42. The maximum atomic E-state index is 13.7. The molecule has 15 nitrogen and oxygen atoms in total. The summed E-state index contributed by atoms with van der Waals surface area (Å²) in [6, 6.07) is 13.4. The van der Waals surface area contributed by atoms with Crippen LogP contribution in [0.15, 0.2) is 54.7 Å². The number of esters is 1. The van der Waals surface area contributed by atoms with E-state index in [9.17, 15) is 33.4 Å². The van der Waals surface area contributed by atoms with Gasteiger partial charge in [-0.3, -0.25) is 33.0 Å². The number of amides is 4. The molecule has 0 aliphatic rings. The number of unbranched alkanes of at least 4 members (excludes halogenated alkanes) is 20. The molecule has 1 unspecified atom stereocenters. The van der Waals surface area contributed by atoms with Gasteiger partial charge in [0, 0.05) is 43.0 Å². The Labute approximate surface area is 437 Å². The summed E-state index contributed by atoms with van der Waals surface area (Å²) in [7, 11) is -4.78. The molecule has 0 aliphatic carbocycles. The molecule has 16 heteroatoms. The number of hydrogen-bond donors (Lipinski definition) is 6. The molecule has 0 spiro atoms. The number of fused-ring (bicyclic) bond motifs is 1. The second-order valence-electron chi connectivity index (χ2n) is 19.6. The number of aromatic amines is 1. The maximum absolute atomic E-state index is 13.7. The van der Waals surface area contributed by atoms with E-state index in [0.29, 0.717) is 36.6 Å². The lowest BCUT2D eigenvalue weighted by Crippen LogP contribution is -2.50. The molecule has 6 N–H and O–H groups in total. The SMILES string of the molecule is CCCCCCCCCCCCCCCC(=O)N[C@@H](COP(=O)(O)OCCNC(=O)[C@@H](NC(=O)c1c[nH]c2ccc(-c3ccccc3)cc12)[C@@H](C)CC)C(=O)NCCCOC(=O)CCCCCCCCCCC. The van der Waals surface area contributed by atoms with Crippen molar-refractivity contribution in [1.29, 1.82) is 0 Å². The van der Waals surface area contributed by atoms with Gasteiger partial charge >= 0.3 is 13.8 Å². The van der Waals surface area contributed by atoms with E-state index in [1.165, 1.54) is 96.3 Å². The van der Waals surface area contributed by atoms with Crippen LogP contribution in [0.3, 0.4) is 0 Å². The van der Waals surface area contributed by atoms with Gasteiger partial charge in [-0.15, -0.1) is 0 Å². The third-order valence-electron chi connectivity index (χ3n) is 13.4. The minimum Gasteiger partial charge on any atom is -0.466 e. The number of H-pyrrole nitrogens is 1. The van der Waals surface area contributed by atoms with E-state index in [-0.39, 0.29) is 38.0 Å². The smallest absolute Gasteiger partial charge is 0.466 e. The molecule has 0 fully saturated rings. The van der Waals surface area contributed by atoms with Crippen LogP contribution in [0.5, 0.6) is 0 Å². The van der Waals surface area contributed by atoms with Crippen LogP contribution in [0.2, 0.25) is 0 Å². The topological polar surface area (TPSA) is 214 Å². The van der Waals surface area contributed by atoms with Crippen LogP contribution in [0, 0.1) is 5.92 Å². The molecule has 0 saturated carbocycles. The van der Waals surface area contributed by atoms with Gasteiger partial charge in [-0.1, -0.05) is 199 Å². The predicted octanol–water partition coefficient (Wildman–Crippen LogP) is 12.2. The van der Waals surface area contributed by atoms with E-state index in [2.05, 4.69) is 40.1 Å². The van der Waals surface area contributed by atoms with E-state index >= 15 is 0 Å². The highest BCUT2D eigenvalue weighted by Crippen LogP contribution is 2.43. The number of carbonyl (C=O) groups is 5. The van der Waals surface area contributed by atoms with Crippen LogP contribution >= 0.6 is 7.82 Å². The van der Waals surface area contributed by atoms with E-state index in [0.717, 1.165) is 55.2 Å². The third-order valence-corrected chi connectivity index (χ3v) is 14.4. The number of nitrogens with one attached hydrogen (secondary N) is 5. The van der Waals surface area contributed by atoms with Gasteiger partial charge in [0.25, 0.3) is 5.91 Å². The Hall–Kier alpha value is -4.56. The van der Waals surface area contributed by atoms with Gasteiger partial charge in [-0.2, -0.15) is 0 Å². The zero-order valence-electron chi connectivity index (χ0n) is 44.9. The third kappa shape index (κ3) is 27.0. The largest absolute Gasteiger partial charge is 0.472 e. The molecule has 1 heterocycles. The Balaban J connectivity index is 1.46. The van der Waals surface area contributed by atoms with Crippen LogP contribution in [0.4, 0.5) is 0 Å². The van der Waals surface area contributed by atoms with Crippen molar-refractivity contribution >= 4 is 48.3 Å². The number of aromatic nitrogens is 1. The fourth-order valence-electron chi connectivity index (χ4n) is 8.69. The summed E-state index contributed by atoms with van der Waals surface area (Å²) in [5.74, 6) is -2.48. The Morgan fingerprint density at radius 2 is 1.18 bits per heavy atom. The summed E-state index contributed by atoms with van der Waals surface area (Å²) in [6.07, 6.45) is 28.5. The summed E-state index contributed by atoms with van der Waals surface area (Å²) in [5, 5.41) is 11.6. The molecule has 0 aliphatic heterocycles. The lowest BCUT2D eigenvalue weighted by atomic mass is 9.97. The summed E-state index contributed by atoms with van der Waals surface area (Å²) < 4.78 is 28.8. The first kappa shape index (κ1) is 62.7. The van der Waals surface area contributed by atoms with E-state index < -0.39 is 56.7 Å². The Kier molecular flexibility index (Phi) is 32.7. The number of carbonyl (C=O) groups excluding carboxylic acids is 5. The van der Waals surface area contributed by atoms with Crippen LogP contribution in [-0.2, 0) is 37.5 Å². The van der Waals surface area contributed by atoms with Crippen molar-refractivity contribution in [1.82, 2.24) is 26.3 Å². The number of rotatable bonds is 43. The lowest BCUT2D eigenvalue weighted by Gasteiger charge is -2.24.